The van der Waals surface area contributed by atoms with Gasteiger partial charge in [0.05, 0.1) is 22.4 Å². The fourth-order valence-corrected chi connectivity index (χ4v) is 4.82. The fourth-order valence-electron chi connectivity index (χ4n) is 2.36. The molecular formula is C15H5Br4NO4. The quantitative estimate of drug-likeness (QED) is 0.299. The zero-order valence-electron chi connectivity index (χ0n) is 11.4. The van der Waals surface area contributed by atoms with Gasteiger partial charge in [0, 0.05) is 17.9 Å². The molecule has 1 aliphatic heterocycles. The van der Waals surface area contributed by atoms with Gasteiger partial charge in [0.15, 0.2) is 0 Å². The SMILES string of the molecule is O=C(O)c1cccc(N2C(=O)c3c(Br)c(Br)c(Br)c(Br)c3C2=O)c1. The summed E-state index contributed by atoms with van der Waals surface area (Å²) in [6.07, 6.45) is 0. The Morgan fingerprint density at radius 1 is 0.875 bits per heavy atom. The Kier molecular flexibility index (Phi) is 4.71. The minimum absolute atomic E-state index is 0.00968. The minimum Gasteiger partial charge on any atom is -0.478 e. The number of nitrogens with zero attached hydrogens (tertiary/aromatic N) is 1. The zero-order chi connectivity index (χ0) is 17.8. The molecule has 24 heavy (non-hydrogen) atoms. The van der Waals surface area contributed by atoms with Gasteiger partial charge in [-0.15, -0.1) is 0 Å². The van der Waals surface area contributed by atoms with E-state index in [1.165, 1.54) is 24.3 Å². The molecule has 0 radical (unpaired) electrons. The van der Waals surface area contributed by atoms with E-state index in [-0.39, 0.29) is 22.4 Å². The van der Waals surface area contributed by atoms with Crippen molar-refractivity contribution >= 4 is 87.2 Å². The van der Waals surface area contributed by atoms with Crippen LogP contribution in [0.4, 0.5) is 5.69 Å². The lowest BCUT2D eigenvalue weighted by atomic mass is 10.1. The predicted molar refractivity (Wildman–Crippen MR) is 102 cm³/mol. The molecule has 3 rings (SSSR count). The largest absolute Gasteiger partial charge is 0.478 e. The molecule has 0 atom stereocenters. The van der Waals surface area contributed by atoms with Gasteiger partial charge >= 0.3 is 5.97 Å². The average molecular weight is 583 g/mol. The summed E-state index contributed by atoms with van der Waals surface area (Å²) in [7, 11) is 0. The Morgan fingerprint density at radius 3 is 1.83 bits per heavy atom. The first-order valence-electron chi connectivity index (χ1n) is 6.33. The number of carbonyl (C=O) groups excluding carboxylic acids is 2. The van der Waals surface area contributed by atoms with Crippen LogP contribution in [0.15, 0.2) is 42.2 Å². The summed E-state index contributed by atoms with van der Waals surface area (Å²) in [6, 6.07) is 5.68. The number of aromatic carboxylic acids is 1. The highest BCUT2D eigenvalue weighted by molar-refractivity contribution is 9.15. The fraction of sp³-hybridized carbons (Fsp3) is 0. The van der Waals surface area contributed by atoms with Gasteiger partial charge in [0.1, 0.15) is 0 Å². The van der Waals surface area contributed by atoms with Crippen LogP contribution < -0.4 is 4.90 Å². The van der Waals surface area contributed by atoms with Gasteiger partial charge in [-0.3, -0.25) is 9.59 Å². The van der Waals surface area contributed by atoms with Gasteiger partial charge < -0.3 is 5.11 Å². The number of amides is 2. The highest BCUT2D eigenvalue weighted by atomic mass is 79.9. The second kappa shape index (κ2) is 6.36. The lowest BCUT2D eigenvalue weighted by Gasteiger charge is -2.14. The Morgan fingerprint density at radius 2 is 1.38 bits per heavy atom. The monoisotopic (exact) mass is 579 g/mol. The van der Waals surface area contributed by atoms with Crippen molar-refractivity contribution in [3.05, 3.63) is 58.8 Å². The molecule has 0 saturated heterocycles. The van der Waals surface area contributed by atoms with Gasteiger partial charge in [-0.1, -0.05) is 6.07 Å². The number of carboxylic acids is 1. The van der Waals surface area contributed by atoms with Crippen molar-refractivity contribution in [3.8, 4) is 0 Å². The number of carbonyl (C=O) groups is 3. The molecule has 2 aromatic rings. The Bertz CT molecular complexity index is 895. The molecule has 2 amide bonds. The van der Waals surface area contributed by atoms with Gasteiger partial charge in [0.2, 0.25) is 0 Å². The van der Waals surface area contributed by atoms with Crippen molar-refractivity contribution in [1.29, 1.82) is 0 Å². The molecule has 0 saturated carbocycles. The van der Waals surface area contributed by atoms with Crippen molar-refractivity contribution < 1.29 is 19.5 Å². The predicted octanol–water partition coefficient (Wildman–Crippen LogP) is 5.24. The van der Waals surface area contributed by atoms with Crippen LogP contribution in [0.3, 0.4) is 0 Å². The van der Waals surface area contributed by atoms with Crippen LogP contribution in [-0.2, 0) is 0 Å². The number of rotatable bonds is 2. The summed E-state index contributed by atoms with van der Waals surface area (Å²) < 4.78 is 2.08. The molecule has 1 N–H and O–H groups in total. The first-order valence-corrected chi connectivity index (χ1v) is 9.51. The van der Waals surface area contributed by atoms with Crippen LogP contribution in [0, 0.1) is 0 Å². The third-order valence-corrected chi connectivity index (χ3v) is 8.22. The molecule has 1 heterocycles. The first-order chi connectivity index (χ1) is 11.3. The highest BCUT2D eigenvalue weighted by Gasteiger charge is 2.41. The van der Waals surface area contributed by atoms with E-state index in [0.717, 1.165) is 4.90 Å². The van der Waals surface area contributed by atoms with Crippen LogP contribution in [0.2, 0.25) is 0 Å². The molecule has 0 unspecified atom stereocenters. The molecule has 0 spiro atoms. The summed E-state index contributed by atoms with van der Waals surface area (Å²) in [5.74, 6) is -2.20. The maximum atomic E-state index is 12.8. The number of benzene rings is 2. The number of fused-ring (bicyclic) bond motifs is 1. The second-order valence-corrected chi connectivity index (χ2v) is 7.98. The second-order valence-electron chi connectivity index (χ2n) is 4.81. The van der Waals surface area contributed by atoms with Crippen LogP contribution in [0.5, 0.6) is 0 Å². The smallest absolute Gasteiger partial charge is 0.335 e. The molecule has 5 nitrogen and oxygen atoms in total. The van der Waals surface area contributed by atoms with E-state index in [0.29, 0.717) is 17.9 Å². The molecule has 0 aliphatic carbocycles. The molecule has 0 fully saturated rings. The normalized spacial score (nSPS) is 13.4. The van der Waals surface area contributed by atoms with Crippen LogP contribution in [0.25, 0.3) is 0 Å². The van der Waals surface area contributed by atoms with E-state index in [4.69, 9.17) is 5.11 Å². The topological polar surface area (TPSA) is 74.7 Å². The van der Waals surface area contributed by atoms with E-state index in [1.807, 2.05) is 0 Å². The number of hydrogen-bond acceptors (Lipinski definition) is 3. The highest BCUT2D eigenvalue weighted by Crippen LogP contribution is 2.46. The zero-order valence-corrected chi connectivity index (χ0v) is 17.8. The Hall–Kier alpha value is -1.03. The maximum absolute atomic E-state index is 12.8. The first kappa shape index (κ1) is 17.8. The van der Waals surface area contributed by atoms with Crippen LogP contribution in [-0.4, -0.2) is 22.9 Å². The summed E-state index contributed by atoms with van der Waals surface area (Å²) in [4.78, 5) is 37.7. The van der Waals surface area contributed by atoms with Crippen molar-refractivity contribution in [2.24, 2.45) is 0 Å². The van der Waals surface area contributed by atoms with Gasteiger partial charge in [-0.05, 0) is 81.9 Å². The van der Waals surface area contributed by atoms with Gasteiger partial charge in [0.25, 0.3) is 11.8 Å². The van der Waals surface area contributed by atoms with Crippen LogP contribution in [0.1, 0.15) is 31.1 Å². The summed E-state index contributed by atoms with van der Waals surface area (Å²) in [6.45, 7) is 0. The van der Waals surface area contributed by atoms with Crippen molar-refractivity contribution in [2.75, 3.05) is 4.90 Å². The molecule has 0 bridgehead atoms. The molecule has 1 aliphatic rings. The summed E-state index contributed by atoms with van der Waals surface area (Å²) in [5.41, 5.74) is 0.613. The molecule has 2 aromatic carbocycles. The van der Waals surface area contributed by atoms with Crippen molar-refractivity contribution in [3.63, 3.8) is 0 Å². The van der Waals surface area contributed by atoms with E-state index < -0.39 is 17.8 Å². The number of carboxylic acid groups (broad SMARTS) is 1. The lowest BCUT2D eigenvalue weighted by molar-refractivity contribution is 0.0695. The van der Waals surface area contributed by atoms with E-state index >= 15 is 0 Å². The molecule has 122 valence electrons. The summed E-state index contributed by atoms with van der Waals surface area (Å²) >= 11 is 13.4. The molecule has 9 heteroatoms. The van der Waals surface area contributed by atoms with Crippen LogP contribution >= 0.6 is 63.7 Å². The Labute approximate surface area is 169 Å². The molecule has 0 aromatic heterocycles. The van der Waals surface area contributed by atoms with Gasteiger partial charge in [-0.25, -0.2) is 9.69 Å². The molecular weight excluding hydrogens is 578 g/mol. The summed E-state index contributed by atoms with van der Waals surface area (Å²) in [5, 5.41) is 9.10. The number of halogens is 4. The third kappa shape index (κ3) is 2.58. The lowest BCUT2D eigenvalue weighted by Crippen LogP contribution is -2.29. The number of anilines is 1. The van der Waals surface area contributed by atoms with E-state index in [9.17, 15) is 14.4 Å². The average Bonchev–Trinajstić information content (AvgIpc) is 2.82. The number of hydrogen-bond donors (Lipinski definition) is 1. The van der Waals surface area contributed by atoms with Crippen molar-refractivity contribution in [2.45, 2.75) is 0 Å². The maximum Gasteiger partial charge on any atom is 0.335 e. The Balaban J connectivity index is 2.22. The van der Waals surface area contributed by atoms with E-state index in [2.05, 4.69) is 63.7 Å². The van der Waals surface area contributed by atoms with Gasteiger partial charge in [-0.2, -0.15) is 0 Å². The van der Waals surface area contributed by atoms with E-state index in [1.54, 1.807) is 0 Å². The minimum atomic E-state index is -1.14. The van der Waals surface area contributed by atoms with Crippen molar-refractivity contribution in [1.82, 2.24) is 0 Å². The standard InChI is InChI=1S/C15H5Br4NO4/c16-9-7-8(10(17)12(19)11(9)18)14(22)20(13(7)21)6-3-1-2-5(4-6)15(23)24/h1-4H,(H,23,24). The number of imide groups is 1. The third-order valence-electron chi connectivity index (χ3n) is 3.45.